The first-order chi connectivity index (χ1) is 12.0. The van der Waals surface area contributed by atoms with E-state index in [9.17, 15) is 9.59 Å². The molecule has 0 spiro atoms. The van der Waals surface area contributed by atoms with Gasteiger partial charge in [-0.05, 0) is 43.5 Å². The van der Waals surface area contributed by atoms with Crippen LogP contribution in [0.1, 0.15) is 24.5 Å². The third-order valence-electron chi connectivity index (χ3n) is 3.82. The van der Waals surface area contributed by atoms with Crippen LogP contribution < -0.4 is 5.56 Å². The van der Waals surface area contributed by atoms with Crippen LogP contribution in [-0.4, -0.2) is 26.8 Å². The highest BCUT2D eigenvalue weighted by Gasteiger charge is 2.17. The van der Waals surface area contributed by atoms with Gasteiger partial charge in [0.25, 0.3) is 5.56 Å². The van der Waals surface area contributed by atoms with Crippen molar-refractivity contribution in [3.05, 3.63) is 68.9 Å². The summed E-state index contributed by atoms with van der Waals surface area (Å²) in [6, 6.07) is 11.1. The molecule has 2 heterocycles. The van der Waals surface area contributed by atoms with Crippen LogP contribution in [0.15, 0.2) is 52.6 Å². The van der Waals surface area contributed by atoms with Gasteiger partial charge in [-0.25, -0.2) is 4.98 Å². The van der Waals surface area contributed by atoms with E-state index in [-0.39, 0.29) is 24.1 Å². The molecule has 0 saturated heterocycles. The maximum Gasteiger partial charge on any atom is 0.258 e. The Bertz CT molecular complexity index is 958. The summed E-state index contributed by atoms with van der Waals surface area (Å²) < 4.78 is 0. The number of carbonyl (C=O) groups is 1. The number of carbonyl (C=O) groups excluding carboxylic acids is 1. The highest BCUT2D eigenvalue weighted by Crippen LogP contribution is 2.13. The predicted octanol–water partition coefficient (Wildman–Crippen LogP) is 3.44. The molecule has 5 nitrogen and oxygen atoms in total. The fraction of sp³-hybridized carbons (Fsp3) is 0.211. The molecule has 0 unspecified atom stereocenters. The average Bonchev–Trinajstić information content (AvgIpc) is 3.11. The number of hydrogen-bond donors (Lipinski definition) is 1. The molecule has 0 aliphatic carbocycles. The minimum Gasteiger partial charge on any atom is -0.329 e. The Morgan fingerprint density at radius 3 is 2.80 bits per heavy atom. The molecule has 1 amide bonds. The average molecular weight is 353 g/mol. The molecule has 0 radical (unpaired) electrons. The van der Waals surface area contributed by atoms with Gasteiger partial charge in [0.15, 0.2) is 0 Å². The fourth-order valence-electron chi connectivity index (χ4n) is 2.52. The summed E-state index contributed by atoms with van der Waals surface area (Å²) in [6.45, 7) is 4.14. The Kier molecular flexibility index (Phi) is 5.09. The van der Waals surface area contributed by atoms with Crippen molar-refractivity contribution in [2.24, 2.45) is 0 Å². The van der Waals surface area contributed by atoms with Gasteiger partial charge >= 0.3 is 0 Å². The molecule has 128 valence electrons. The van der Waals surface area contributed by atoms with Crippen LogP contribution in [0.25, 0.3) is 17.0 Å². The normalized spacial score (nSPS) is 11.5. The number of nitrogens with one attached hydrogen (secondary N) is 1. The molecule has 0 aliphatic rings. The first kappa shape index (κ1) is 17.1. The van der Waals surface area contributed by atoms with Gasteiger partial charge in [0.2, 0.25) is 5.91 Å². The largest absolute Gasteiger partial charge is 0.329 e. The summed E-state index contributed by atoms with van der Waals surface area (Å²) in [4.78, 5) is 34.7. The van der Waals surface area contributed by atoms with Crippen LogP contribution in [-0.2, 0) is 11.3 Å². The van der Waals surface area contributed by atoms with Gasteiger partial charge in [-0.3, -0.25) is 9.59 Å². The van der Waals surface area contributed by atoms with Gasteiger partial charge in [-0.15, -0.1) is 11.3 Å². The number of rotatable bonds is 5. The molecule has 3 aromatic rings. The van der Waals surface area contributed by atoms with E-state index in [0.717, 1.165) is 4.88 Å². The van der Waals surface area contributed by atoms with Crippen molar-refractivity contribution >= 4 is 34.2 Å². The third kappa shape index (κ3) is 4.03. The smallest absolute Gasteiger partial charge is 0.258 e. The number of H-pyrrole nitrogens is 1. The summed E-state index contributed by atoms with van der Waals surface area (Å²) >= 11 is 1.57. The molecule has 0 fully saturated rings. The summed E-state index contributed by atoms with van der Waals surface area (Å²) in [5.74, 6) is 0.370. The van der Waals surface area contributed by atoms with E-state index in [1.165, 1.54) is 0 Å². The zero-order chi connectivity index (χ0) is 17.8. The molecule has 0 bridgehead atoms. The van der Waals surface area contributed by atoms with Crippen LogP contribution >= 0.6 is 11.3 Å². The first-order valence-electron chi connectivity index (χ1n) is 8.04. The Morgan fingerprint density at radius 1 is 1.28 bits per heavy atom. The van der Waals surface area contributed by atoms with Gasteiger partial charge in [0.1, 0.15) is 5.82 Å². The van der Waals surface area contributed by atoms with Gasteiger partial charge in [-0.2, -0.15) is 0 Å². The van der Waals surface area contributed by atoms with Crippen LogP contribution in [0.2, 0.25) is 0 Å². The Hall–Kier alpha value is -2.73. The summed E-state index contributed by atoms with van der Waals surface area (Å²) in [6.07, 6.45) is 3.37. The topological polar surface area (TPSA) is 66.1 Å². The molecular formula is C19H19N3O2S. The number of aromatic nitrogens is 2. The molecule has 0 saturated carbocycles. The summed E-state index contributed by atoms with van der Waals surface area (Å²) in [7, 11) is 0. The standard InChI is InChI=1S/C19H19N3O2S/c1-13(2)22(18(23)10-9-14-6-5-11-25-14)12-17-20-16-8-4-3-7-15(16)19(24)21-17/h3-11,13H,12H2,1-2H3,(H,20,21,24)/b10-9+. The van der Waals surface area contributed by atoms with E-state index in [1.54, 1.807) is 46.6 Å². The molecule has 0 aliphatic heterocycles. The molecule has 6 heteroatoms. The Balaban J connectivity index is 1.84. The second kappa shape index (κ2) is 7.44. The molecule has 25 heavy (non-hydrogen) atoms. The van der Waals surface area contributed by atoms with Gasteiger partial charge in [0.05, 0.1) is 17.4 Å². The lowest BCUT2D eigenvalue weighted by Crippen LogP contribution is -2.36. The molecular weight excluding hydrogens is 334 g/mol. The number of para-hydroxylation sites is 1. The van der Waals surface area contributed by atoms with E-state index in [2.05, 4.69) is 9.97 Å². The highest BCUT2D eigenvalue weighted by atomic mass is 32.1. The maximum absolute atomic E-state index is 12.6. The minimum absolute atomic E-state index is 0.0164. The van der Waals surface area contributed by atoms with E-state index in [0.29, 0.717) is 16.7 Å². The number of amides is 1. The van der Waals surface area contributed by atoms with Gasteiger partial charge < -0.3 is 9.88 Å². The van der Waals surface area contributed by atoms with Crippen molar-refractivity contribution in [1.29, 1.82) is 0 Å². The highest BCUT2D eigenvalue weighted by molar-refractivity contribution is 7.10. The predicted molar refractivity (Wildman–Crippen MR) is 101 cm³/mol. The lowest BCUT2D eigenvalue weighted by Gasteiger charge is -2.25. The second-order valence-corrected chi connectivity index (χ2v) is 6.92. The van der Waals surface area contributed by atoms with E-state index in [4.69, 9.17) is 0 Å². The number of benzene rings is 1. The molecule has 2 aromatic heterocycles. The quantitative estimate of drug-likeness (QED) is 0.715. The van der Waals surface area contributed by atoms with E-state index < -0.39 is 0 Å². The van der Waals surface area contributed by atoms with Crippen LogP contribution in [0.3, 0.4) is 0 Å². The second-order valence-electron chi connectivity index (χ2n) is 5.94. The van der Waals surface area contributed by atoms with Gasteiger partial charge in [0, 0.05) is 17.0 Å². The van der Waals surface area contributed by atoms with Crippen molar-refractivity contribution in [2.75, 3.05) is 0 Å². The first-order valence-corrected chi connectivity index (χ1v) is 8.92. The van der Waals surface area contributed by atoms with Crippen LogP contribution in [0, 0.1) is 0 Å². The molecule has 1 N–H and O–H groups in total. The van der Waals surface area contributed by atoms with Crippen molar-refractivity contribution in [2.45, 2.75) is 26.4 Å². The molecule has 3 rings (SSSR count). The lowest BCUT2D eigenvalue weighted by atomic mass is 10.2. The Labute approximate surface area is 149 Å². The van der Waals surface area contributed by atoms with Crippen LogP contribution in [0.5, 0.6) is 0 Å². The monoisotopic (exact) mass is 353 g/mol. The summed E-state index contributed by atoms with van der Waals surface area (Å²) in [5.41, 5.74) is 0.442. The minimum atomic E-state index is -0.189. The number of hydrogen-bond acceptors (Lipinski definition) is 4. The zero-order valence-corrected chi connectivity index (χ0v) is 14.9. The summed E-state index contributed by atoms with van der Waals surface area (Å²) in [5, 5.41) is 2.51. The maximum atomic E-state index is 12.6. The van der Waals surface area contributed by atoms with Crippen LogP contribution in [0.4, 0.5) is 0 Å². The third-order valence-corrected chi connectivity index (χ3v) is 4.66. The molecule has 1 aromatic carbocycles. The van der Waals surface area contributed by atoms with Crippen molar-refractivity contribution in [3.8, 4) is 0 Å². The number of aromatic amines is 1. The zero-order valence-electron chi connectivity index (χ0n) is 14.1. The number of nitrogens with zero attached hydrogens (tertiary/aromatic N) is 2. The van der Waals surface area contributed by atoms with Crippen molar-refractivity contribution < 1.29 is 4.79 Å². The Morgan fingerprint density at radius 2 is 2.08 bits per heavy atom. The SMILES string of the molecule is CC(C)N(Cc1nc2ccccc2c(=O)[nH]1)C(=O)/C=C/c1cccs1. The van der Waals surface area contributed by atoms with Gasteiger partial charge in [-0.1, -0.05) is 18.2 Å². The van der Waals surface area contributed by atoms with Crippen molar-refractivity contribution in [3.63, 3.8) is 0 Å². The van der Waals surface area contributed by atoms with Crippen molar-refractivity contribution in [1.82, 2.24) is 14.9 Å². The number of thiophene rings is 1. The lowest BCUT2D eigenvalue weighted by molar-refractivity contribution is -0.128. The van der Waals surface area contributed by atoms with E-state index in [1.807, 2.05) is 37.4 Å². The fourth-order valence-corrected chi connectivity index (χ4v) is 3.14. The molecule has 0 atom stereocenters. The number of fused-ring (bicyclic) bond motifs is 1. The van der Waals surface area contributed by atoms with E-state index >= 15 is 0 Å².